The predicted molar refractivity (Wildman–Crippen MR) is 72.5 cm³/mol. The van der Waals surface area contributed by atoms with Crippen molar-refractivity contribution >= 4 is 27.5 Å². The Balaban J connectivity index is 2.65. The van der Waals surface area contributed by atoms with Gasteiger partial charge in [0.05, 0.1) is 5.02 Å². The smallest absolute Gasteiger partial charge is 0.254 e. The maximum Gasteiger partial charge on any atom is 0.254 e. The number of halogens is 2. The summed E-state index contributed by atoms with van der Waals surface area (Å²) in [5, 5.41) is 0.547. The number of rotatable bonds is 1. The third-order valence-corrected chi connectivity index (χ3v) is 3.39. The number of nitrogens with one attached hydrogen (secondary N) is 1. The van der Waals surface area contributed by atoms with E-state index in [0.29, 0.717) is 22.1 Å². The number of hydrogen-bond acceptors (Lipinski definition) is 2. The van der Waals surface area contributed by atoms with E-state index < -0.39 is 0 Å². The van der Waals surface area contributed by atoms with Gasteiger partial charge in [0.2, 0.25) is 0 Å². The van der Waals surface area contributed by atoms with Crippen molar-refractivity contribution in [3.8, 4) is 11.4 Å². The summed E-state index contributed by atoms with van der Waals surface area (Å²) in [6.07, 6.45) is 0. The number of aromatic amines is 1. The molecule has 2 rings (SSSR count). The van der Waals surface area contributed by atoms with Gasteiger partial charge in [0.25, 0.3) is 5.56 Å². The van der Waals surface area contributed by atoms with Gasteiger partial charge in [0, 0.05) is 21.3 Å². The Bertz CT molecular complexity index is 637. The van der Waals surface area contributed by atoms with Gasteiger partial charge in [0.15, 0.2) is 0 Å². The lowest BCUT2D eigenvalue weighted by atomic mass is 10.2. The molecule has 0 amide bonds. The third-order valence-electron chi connectivity index (χ3n) is 2.58. The first kappa shape index (κ1) is 12.3. The van der Waals surface area contributed by atoms with Crippen molar-refractivity contribution in [3.05, 3.63) is 49.3 Å². The maximum atomic E-state index is 11.7. The Hall–Kier alpha value is -1.13. The zero-order valence-corrected chi connectivity index (χ0v) is 11.7. The van der Waals surface area contributed by atoms with Crippen LogP contribution in [0.1, 0.15) is 11.3 Å². The first-order valence-electron chi connectivity index (χ1n) is 5.02. The minimum absolute atomic E-state index is 0.133. The molecule has 17 heavy (non-hydrogen) atoms. The minimum Gasteiger partial charge on any atom is -0.306 e. The molecule has 0 atom stereocenters. The average molecular weight is 314 g/mol. The first-order chi connectivity index (χ1) is 7.99. The Morgan fingerprint density at radius 3 is 2.65 bits per heavy atom. The van der Waals surface area contributed by atoms with Gasteiger partial charge in [0.1, 0.15) is 5.82 Å². The average Bonchev–Trinajstić information content (AvgIpc) is 2.25. The second-order valence-corrected chi connectivity index (χ2v) is 5.07. The third kappa shape index (κ3) is 2.42. The largest absolute Gasteiger partial charge is 0.306 e. The van der Waals surface area contributed by atoms with Gasteiger partial charge in [-0.3, -0.25) is 4.79 Å². The summed E-state index contributed by atoms with van der Waals surface area (Å²) in [6, 6.07) is 5.45. The lowest BCUT2D eigenvalue weighted by Gasteiger charge is -2.06. The predicted octanol–water partition coefficient (Wildman–Crippen LogP) is 3.47. The number of aromatic nitrogens is 2. The van der Waals surface area contributed by atoms with Crippen molar-refractivity contribution < 1.29 is 0 Å². The van der Waals surface area contributed by atoms with Crippen LogP contribution in [0, 0.1) is 13.8 Å². The van der Waals surface area contributed by atoms with Crippen molar-refractivity contribution in [2.24, 2.45) is 0 Å². The molecule has 3 nitrogen and oxygen atoms in total. The van der Waals surface area contributed by atoms with E-state index in [-0.39, 0.29) is 5.56 Å². The molecule has 0 fully saturated rings. The fourth-order valence-corrected chi connectivity index (χ4v) is 2.22. The van der Waals surface area contributed by atoms with Crippen molar-refractivity contribution in [1.82, 2.24) is 9.97 Å². The van der Waals surface area contributed by atoms with Crippen LogP contribution in [-0.2, 0) is 0 Å². The van der Waals surface area contributed by atoms with Crippen LogP contribution < -0.4 is 5.56 Å². The Kier molecular flexibility index (Phi) is 3.35. The van der Waals surface area contributed by atoms with E-state index >= 15 is 0 Å². The number of aryl methyl sites for hydroxylation is 1. The Labute approximate surface area is 112 Å². The highest BCUT2D eigenvalue weighted by molar-refractivity contribution is 9.10. The summed E-state index contributed by atoms with van der Waals surface area (Å²) in [4.78, 5) is 18.7. The van der Waals surface area contributed by atoms with Crippen LogP contribution in [0.2, 0.25) is 5.02 Å². The molecular weight excluding hydrogens is 304 g/mol. The van der Waals surface area contributed by atoms with Gasteiger partial charge in [-0.25, -0.2) is 4.98 Å². The molecule has 0 radical (unpaired) electrons. The molecule has 1 aromatic carbocycles. The SMILES string of the molecule is Cc1nc(-c2ccc(Br)cc2Cl)[nH]c(=O)c1C. The van der Waals surface area contributed by atoms with E-state index in [9.17, 15) is 4.79 Å². The number of H-pyrrole nitrogens is 1. The van der Waals surface area contributed by atoms with Gasteiger partial charge in [-0.1, -0.05) is 27.5 Å². The van der Waals surface area contributed by atoms with Crippen molar-refractivity contribution in [2.45, 2.75) is 13.8 Å². The number of hydrogen-bond donors (Lipinski definition) is 1. The van der Waals surface area contributed by atoms with Gasteiger partial charge in [-0.2, -0.15) is 0 Å². The van der Waals surface area contributed by atoms with E-state index in [2.05, 4.69) is 25.9 Å². The zero-order chi connectivity index (χ0) is 12.6. The molecule has 0 spiro atoms. The molecule has 0 aliphatic rings. The first-order valence-corrected chi connectivity index (χ1v) is 6.19. The number of nitrogens with zero attached hydrogens (tertiary/aromatic N) is 1. The van der Waals surface area contributed by atoms with Gasteiger partial charge in [-0.15, -0.1) is 0 Å². The highest BCUT2D eigenvalue weighted by atomic mass is 79.9. The molecule has 0 aliphatic carbocycles. The highest BCUT2D eigenvalue weighted by Gasteiger charge is 2.09. The van der Waals surface area contributed by atoms with E-state index in [4.69, 9.17) is 11.6 Å². The Morgan fingerprint density at radius 2 is 2.06 bits per heavy atom. The van der Waals surface area contributed by atoms with Crippen LogP contribution in [0.3, 0.4) is 0 Å². The van der Waals surface area contributed by atoms with E-state index in [1.54, 1.807) is 19.9 Å². The molecule has 5 heteroatoms. The fourth-order valence-electron chi connectivity index (χ4n) is 1.45. The van der Waals surface area contributed by atoms with Gasteiger partial charge < -0.3 is 4.98 Å². The molecule has 1 heterocycles. The van der Waals surface area contributed by atoms with E-state index in [1.807, 2.05) is 12.1 Å². The van der Waals surface area contributed by atoms with Crippen molar-refractivity contribution in [2.75, 3.05) is 0 Å². The quantitative estimate of drug-likeness (QED) is 0.876. The summed E-state index contributed by atoms with van der Waals surface area (Å²) < 4.78 is 0.887. The van der Waals surface area contributed by atoms with Gasteiger partial charge >= 0.3 is 0 Å². The monoisotopic (exact) mass is 312 g/mol. The summed E-state index contributed by atoms with van der Waals surface area (Å²) in [7, 11) is 0. The van der Waals surface area contributed by atoms with Crippen LogP contribution >= 0.6 is 27.5 Å². The second-order valence-electron chi connectivity index (χ2n) is 3.75. The minimum atomic E-state index is -0.133. The second kappa shape index (κ2) is 4.63. The molecule has 1 aromatic heterocycles. The van der Waals surface area contributed by atoms with Crippen molar-refractivity contribution in [3.63, 3.8) is 0 Å². The Morgan fingerprint density at radius 1 is 1.35 bits per heavy atom. The summed E-state index contributed by atoms with van der Waals surface area (Å²) in [6.45, 7) is 3.55. The highest BCUT2D eigenvalue weighted by Crippen LogP contribution is 2.27. The summed E-state index contributed by atoms with van der Waals surface area (Å²) in [5.41, 5.74) is 1.92. The lowest BCUT2D eigenvalue weighted by Crippen LogP contribution is -2.14. The molecule has 0 bridgehead atoms. The molecule has 1 N–H and O–H groups in total. The van der Waals surface area contributed by atoms with Gasteiger partial charge in [-0.05, 0) is 32.0 Å². The normalized spacial score (nSPS) is 10.6. The molecule has 0 aliphatic heterocycles. The van der Waals surface area contributed by atoms with E-state index in [1.165, 1.54) is 0 Å². The van der Waals surface area contributed by atoms with E-state index in [0.717, 1.165) is 10.0 Å². The van der Waals surface area contributed by atoms with Crippen molar-refractivity contribution in [1.29, 1.82) is 0 Å². The van der Waals surface area contributed by atoms with Crippen LogP contribution in [0.5, 0.6) is 0 Å². The molecule has 0 unspecified atom stereocenters. The topological polar surface area (TPSA) is 45.8 Å². The van der Waals surface area contributed by atoms with Crippen LogP contribution in [0.25, 0.3) is 11.4 Å². The van der Waals surface area contributed by atoms with Crippen LogP contribution in [0.15, 0.2) is 27.5 Å². The molecule has 88 valence electrons. The number of benzene rings is 1. The van der Waals surface area contributed by atoms with Crippen LogP contribution in [-0.4, -0.2) is 9.97 Å². The molecule has 0 saturated heterocycles. The zero-order valence-electron chi connectivity index (χ0n) is 9.34. The lowest BCUT2D eigenvalue weighted by molar-refractivity contribution is 1.03. The molecular formula is C12H10BrClN2O. The maximum absolute atomic E-state index is 11.7. The standard InChI is InChI=1S/C12H10BrClN2O/c1-6-7(2)15-11(16-12(6)17)9-4-3-8(13)5-10(9)14/h3-5H,1-2H3,(H,15,16,17). The van der Waals surface area contributed by atoms with Crippen LogP contribution in [0.4, 0.5) is 0 Å². The molecule has 0 saturated carbocycles. The summed E-state index contributed by atoms with van der Waals surface area (Å²) in [5.74, 6) is 0.496. The fraction of sp³-hybridized carbons (Fsp3) is 0.167. The molecule has 2 aromatic rings. The summed E-state index contributed by atoms with van der Waals surface area (Å²) >= 11 is 9.45.